The number of halogens is 1. The monoisotopic (exact) mass is 335 g/mol. The van der Waals surface area contributed by atoms with Gasteiger partial charge in [-0.15, -0.1) is 0 Å². The van der Waals surface area contributed by atoms with Gasteiger partial charge in [0.15, 0.2) is 6.61 Å². The number of amides is 1. The molecule has 0 unspecified atom stereocenters. The van der Waals surface area contributed by atoms with Crippen molar-refractivity contribution in [1.29, 1.82) is 0 Å². The molecule has 0 saturated heterocycles. The lowest BCUT2D eigenvalue weighted by molar-refractivity contribution is -0.147. The molecule has 1 aromatic heterocycles. The van der Waals surface area contributed by atoms with Gasteiger partial charge in [0.2, 0.25) is 0 Å². The minimum Gasteiger partial charge on any atom is -0.456 e. The van der Waals surface area contributed by atoms with Crippen LogP contribution in [0.4, 0.5) is 10.1 Å². The summed E-state index contributed by atoms with van der Waals surface area (Å²) in [5, 5.41) is 2.27. The lowest BCUT2D eigenvalue weighted by atomic mass is 10.3. The van der Waals surface area contributed by atoms with Crippen LogP contribution in [-0.4, -0.2) is 28.0 Å². The van der Waals surface area contributed by atoms with Gasteiger partial charge in [-0.1, -0.05) is 12.1 Å². The van der Waals surface area contributed by atoms with Crippen molar-refractivity contribution in [3.8, 4) is 0 Å². The third kappa shape index (κ3) is 4.90. The van der Waals surface area contributed by atoms with E-state index >= 15 is 0 Å². The summed E-state index contributed by atoms with van der Waals surface area (Å²) in [5.74, 6) is -2.00. The van der Waals surface area contributed by atoms with Gasteiger partial charge in [0, 0.05) is 18.8 Å². The predicted octanol–water partition coefficient (Wildman–Crippen LogP) is 0.248. The molecule has 8 nitrogen and oxygen atoms in total. The molecule has 24 heavy (non-hydrogen) atoms. The number of aromatic amines is 1. The molecule has 0 aliphatic rings. The molecule has 0 fully saturated rings. The Hall–Kier alpha value is -3.23. The van der Waals surface area contributed by atoms with Crippen molar-refractivity contribution in [3.05, 3.63) is 63.2 Å². The summed E-state index contributed by atoms with van der Waals surface area (Å²) in [4.78, 5) is 47.5. The Bertz CT molecular complexity index is 858. The summed E-state index contributed by atoms with van der Waals surface area (Å²) < 4.78 is 19.2. The van der Waals surface area contributed by atoms with Crippen LogP contribution in [0.5, 0.6) is 0 Å². The van der Waals surface area contributed by atoms with E-state index in [1.165, 1.54) is 24.4 Å². The van der Waals surface area contributed by atoms with Gasteiger partial charge < -0.3 is 14.6 Å². The first-order chi connectivity index (χ1) is 11.5. The minimum atomic E-state index is -0.711. The fourth-order valence-corrected chi connectivity index (χ4v) is 1.80. The molecule has 0 spiro atoms. The molecule has 0 saturated carbocycles. The van der Waals surface area contributed by atoms with Gasteiger partial charge in [-0.05, 0) is 12.1 Å². The molecule has 0 bridgehead atoms. The summed E-state index contributed by atoms with van der Waals surface area (Å²) in [7, 11) is 0. The maximum absolute atomic E-state index is 13.3. The fourth-order valence-electron chi connectivity index (χ4n) is 1.80. The van der Waals surface area contributed by atoms with Crippen molar-refractivity contribution in [2.24, 2.45) is 0 Å². The van der Waals surface area contributed by atoms with Crippen LogP contribution < -0.4 is 16.6 Å². The van der Waals surface area contributed by atoms with Gasteiger partial charge in [-0.2, -0.15) is 0 Å². The van der Waals surface area contributed by atoms with Crippen LogP contribution in [0.1, 0.15) is 6.42 Å². The van der Waals surface area contributed by atoms with Gasteiger partial charge in [-0.25, -0.2) is 9.18 Å². The van der Waals surface area contributed by atoms with Gasteiger partial charge in [0.05, 0.1) is 12.1 Å². The standard InChI is InChI=1S/C15H14FN3O5/c16-10-3-1-2-4-11(10)17-13(21)9-24-14(22)6-8-19-7-5-12(20)18-15(19)23/h1-5,7H,6,8-9H2,(H,17,21)(H,18,20,23). The normalized spacial score (nSPS) is 10.2. The van der Waals surface area contributed by atoms with E-state index < -0.39 is 35.5 Å². The number of carbonyl (C=O) groups excluding carboxylic acids is 2. The van der Waals surface area contributed by atoms with Crippen molar-refractivity contribution in [1.82, 2.24) is 9.55 Å². The lowest BCUT2D eigenvalue weighted by Crippen LogP contribution is -2.29. The molecule has 1 heterocycles. The van der Waals surface area contributed by atoms with Crippen LogP contribution >= 0.6 is 0 Å². The highest BCUT2D eigenvalue weighted by molar-refractivity contribution is 5.92. The number of nitrogens with zero attached hydrogens (tertiary/aromatic N) is 1. The van der Waals surface area contributed by atoms with Crippen molar-refractivity contribution >= 4 is 17.6 Å². The summed E-state index contributed by atoms with van der Waals surface area (Å²) in [6.07, 6.45) is 1.08. The first-order valence-corrected chi connectivity index (χ1v) is 6.95. The van der Waals surface area contributed by atoms with E-state index in [9.17, 15) is 23.6 Å². The summed E-state index contributed by atoms with van der Waals surface area (Å²) in [6.45, 7) is -0.586. The zero-order chi connectivity index (χ0) is 17.5. The molecule has 0 atom stereocenters. The van der Waals surface area contributed by atoms with Crippen LogP contribution in [0.3, 0.4) is 0 Å². The number of anilines is 1. The van der Waals surface area contributed by atoms with Crippen LogP contribution in [-0.2, 0) is 20.9 Å². The molecular formula is C15H14FN3O5. The molecule has 0 aliphatic carbocycles. The SMILES string of the molecule is O=C(COC(=O)CCn1ccc(=O)[nH]c1=O)Nc1ccccc1F. The van der Waals surface area contributed by atoms with Crippen molar-refractivity contribution in [3.63, 3.8) is 0 Å². The van der Waals surface area contributed by atoms with E-state index in [-0.39, 0.29) is 18.7 Å². The number of esters is 1. The number of ether oxygens (including phenoxy) is 1. The zero-order valence-corrected chi connectivity index (χ0v) is 12.5. The van der Waals surface area contributed by atoms with Crippen LogP contribution in [0.25, 0.3) is 0 Å². The minimum absolute atomic E-state index is 0.0105. The van der Waals surface area contributed by atoms with E-state index in [0.717, 1.165) is 10.6 Å². The van der Waals surface area contributed by atoms with Crippen LogP contribution in [0.15, 0.2) is 46.1 Å². The average Bonchev–Trinajstić information content (AvgIpc) is 2.54. The first-order valence-electron chi connectivity index (χ1n) is 6.95. The lowest BCUT2D eigenvalue weighted by Gasteiger charge is -2.08. The van der Waals surface area contributed by atoms with Gasteiger partial charge in [0.1, 0.15) is 5.82 Å². The molecule has 9 heteroatoms. The Kier molecular flexibility index (Phi) is 5.61. The fraction of sp³-hybridized carbons (Fsp3) is 0.200. The maximum Gasteiger partial charge on any atom is 0.328 e. The number of para-hydroxylation sites is 1. The topological polar surface area (TPSA) is 110 Å². The molecule has 2 rings (SSSR count). The number of rotatable bonds is 6. The molecule has 0 radical (unpaired) electrons. The van der Waals surface area contributed by atoms with Gasteiger partial charge in [0.25, 0.3) is 11.5 Å². The third-order valence-corrected chi connectivity index (χ3v) is 2.97. The first kappa shape index (κ1) is 17.1. The van der Waals surface area contributed by atoms with E-state index in [4.69, 9.17) is 4.74 Å². The smallest absolute Gasteiger partial charge is 0.328 e. The number of hydrogen-bond donors (Lipinski definition) is 2. The second-order valence-electron chi connectivity index (χ2n) is 4.74. The average molecular weight is 335 g/mol. The molecular weight excluding hydrogens is 321 g/mol. The zero-order valence-electron chi connectivity index (χ0n) is 12.5. The number of aromatic nitrogens is 2. The maximum atomic E-state index is 13.3. The molecule has 0 aliphatic heterocycles. The summed E-state index contributed by atoms with van der Waals surface area (Å²) in [5.41, 5.74) is -1.20. The van der Waals surface area contributed by atoms with Crippen molar-refractivity contribution in [2.45, 2.75) is 13.0 Å². The Morgan fingerprint density at radius 3 is 2.67 bits per heavy atom. The summed E-state index contributed by atoms with van der Waals surface area (Å²) in [6, 6.07) is 6.73. The highest BCUT2D eigenvalue weighted by Crippen LogP contribution is 2.11. The van der Waals surface area contributed by atoms with E-state index in [2.05, 4.69) is 5.32 Å². The summed E-state index contributed by atoms with van der Waals surface area (Å²) >= 11 is 0. The molecule has 126 valence electrons. The quantitative estimate of drug-likeness (QED) is 0.735. The predicted molar refractivity (Wildman–Crippen MR) is 81.9 cm³/mol. The Morgan fingerprint density at radius 2 is 1.96 bits per heavy atom. The Morgan fingerprint density at radius 1 is 1.21 bits per heavy atom. The van der Waals surface area contributed by atoms with E-state index in [0.29, 0.717) is 0 Å². The largest absolute Gasteiger partial charge is 0.456 e. The van der Waals surface area contributed by atoms with Gasteiger partial charge >= 0.3 is 11.7 Å². The van der Waals surface area contributed by atoms with Crippen molar-refractivity contribution < 1.29 is 18.7 Å². The van der Waals surface area contributed by atoms with Gasteiger partial charge in [-0.3, -0.25) is 19.4 Å². The van der Waals surface area contributed by atoms with E-state index in [1.807, 2.05) is 4.98 Å². The van der Waals surface area contributed by atoms with Crippen LogP contribution in [0.2, 0.25) is 0 Å². The number of nitrogens with one attached hydrogen (secondary N) is 2. The highest BCUT2D eigenvalue weighted by Gasteiger charge is 2.10. The number of carbonyl (C=O) groups is 2. The number of hydrogen-bond acceptors (Lipinski definition) is 5. The molecule has 1 aromatic carbocycles. The second kappa shape index (κ2) is 7.86. The third-order valence-electron chi connectivity index (χ3n) is 2.97. The number of benzene rings is 1. The molecule has 1 amide bonds. The second-order valence-corrected chi connectivity index (χ2v) is 4.74. The molecule has 2 N–H and O–H groups in total. The van der Waals surface area contributed by atoms with Crippen LogP contribution in [0, 0.1) is 5.82 Å². The van der Waals surface area contributed by atoms with E-state index in [1.54, 1.807) is 6.07 Å². The van der Waals surface area contributed by atoms with Crippen molar-refractivity contribution in [2.75, 3.05) is 11.9 Å². The number of aryl methyl sites for hydroxylation is 1. The Balaban J connectivity index is 1.78. The molecule has 2 aromatic rings. The number of H-pyrrole nitrogens is 1. The Labute approximate surface area is 134 Å². The highest BCUT2D eigenvalue weighted by atomic mass is 19.1.